The lowest BCUT2D eigenvalue weighted by molar-refractivity contribution is -0.137. The third-order valence-electron chi connectivity index (χ3n) is 4.53. The Hall–Kier alpha value is -2.04. The number of carbonyl (C=O) groups is 2. The monoisotopic (exact) mass is 346 g/mol. The molecule has 2 rings (SSSR count). The normalized spacial score (nSPS) is 15.8. The van der Waals surface area contributed by atoms with Crippen LogP contribution < -0.4 is 10.1 Å². The Morgan fingerprint density at radius 2 is 1.76 bits per heavy atom. The van der Waals surface area contributed by atoms with Crippen LogP contribution in [0.5, 0.6) is 5.75 Å². The lowest BCUT2D eigenvalue weighted by Crippen LogP contribution is -2.50. The van der Waals surface area contributed by atoms with Gasteiger partial charge in [-0.2, -0.15) is 0 Å². The molecular weight excluding hydrogens is 316 g/mol. The maximum atomic E-state index is 12.8. The van der Waals surface area contributed by atoms with Crippen LogP contribution in [0.3, 0.4) is 0 Å². The summed E-state index contributed by atoms with van der Waals surface area (Å²) in [6, 6.07) is 7.01. The molecule has 0 spiro atoms. The van der Waals surface area contributed by atoms with Crippen molar-refractivity contribution in [3.8, 4) is 5.75 Å². The third-order valence-corrected chi connectivity index (χ3v) is 4.53. The zero-order valence-corrected chi connectivity index (χ0v) is 15.6. The van der Waals surface area contributed by atoms with Crippen molar-refractivity contribution in [3.05, 3.63) is 29.8 Å². The summed E-state index contributed by atoms with van der Waals surface area (Å²) in [7, 11) is 1.62. The van der Waals surface area contributed by atoms with E-state index in [2.05, 4.69) is 19.2 Å². The van der Waals surface area contributed by atoms with Crippen LogP contribution in [0, 0.1) is 5.92 Å². The number of piperidine rings is 1. The van der Waals surface area contributed by atoms with E-state index in [-0.39, 0.29) is 18.2 Å². The van der Waals surface area contributed by atoms with Crippen LogP contribution in [0.15, 0.2) is 24.3 Å². The molecular formula is C20H30N2O3. The van der Waals surface area contributed by atoms with Gasteiger partial charge in [0.05, 0.1) is 13.5 Å². The number of rotatable bonds is 7. The third kappa shape index (κ3) is 6.07. The molecule has 5 nitrogen and oxygen atoms in total. The predicted molar refractivity (Wildman–Crippen MR) is 98.5 cm³/mol. The highest BCUT2D eigenvalue weighted by atomic mass is 16.5. The summed E-state index contributed by atoms with van der Waals surface area (Å²) in [5, 5.41) is 2.96. The van der Waals surface area contributed by atoms with Crippen molar-refractivity contribution in [1.82, 2.24) is 10.2 Å². The molecule has 0 radical (unpaired) electrons. The van der Waals surface area contributed by atoms with E-state index in [4.69, 9.17) is 4.74 Å². The molecule has 1 aromatic carbocycles. The Kier molecular flexibility index (Phi) is 7.29. The first-order chi connectivity index (χ1) is 12.0. The number of benzene rings is 1. The SMILES string of the molecule is COc1ccc(CC(=O)N[C@@H](CC(C)C)C(=O)N2CCCCC2)cc1. The summed E-state index contributed by atoms with van der Waals surface area (Å²) < 4.78 is 5.13. The van der Waals surface area contributed by atoms with Crippen molar-refractivity contribution >= 4 is 11.8 Å². The van der Waals surface area contributed by atoms with Gasteiger partial charge in [0.2, 0.25) is 11.8 Å². The number of hydrogen-bond donors (Lipinski definition) is 1. The fourth-order valence-electron chi connectivity index (χ4n) is 3.20. The van der Waals surface area contributed by atoms with Gasteiger partial charge >= 0.3 is 0 Å². The number of likely N-dealkylation sites (tertiary alicyclic amines) is 1. The Balaban J connectivity index is 1.96. The molecule has 138 valence electrons. The van der Waals surface area contributed by atoms with E-state index in [1.54, 1.807) is 7.11 Å². The molecule has 25 heavy (non-hydrogen) atoms. The summed E-state index contributed by atoms with van der Waals surface area (Å²) in [5.74, 6) is 1.07. The lowest BCUT2D eigenvalue weighted by atomic mass is 10.0. The molecule has 0 saturated carbocycles. The molecule has 0 aromatic heterocycles. The van der Waals surface area contributed by atoms with Crippen LogP contribution >= 0.6 is 0 Å². The van der Waals surface area contributed by atoms with Crippen molar-refractivity contribution in [1.29, 1.82) is 0 Å². The first-order valence-electron chi connectivity index (χ1n) is 9.20. The number of hydrogen-bond acceptors (Lipinski definition) is 3. The maximum Gasteiger partial charge on any atom is 0.245 e. The fourth-order valence-corrected chi connectivity index (χ4v) is 3.20. The van der Waals surface area contributed by atoms with Gasteiger partial charge in [-0.25, -0.2) is 0 Å². The summed E-state index contributed by atoms with van der Waals surface area (Å²) in [6.07, 6.45) is 4.23. The van der Waals surface area contributed by atoms with Crippen molar-refractivity contribution in [2.24, 2.45) is 5.92 Å². The molecule has 0 bridgehead atoms. The first-order valence-corrected chi connectivity index (χ1v) is 9.20. The number of ether oxygens (including phenoxy) is 1. The van der Waals surface area contributed by atoms with E-state index in [1.807, 2.05) is 29.2 Å². The van der Waals surface area contributed by atoms with Crippen molar-refractivity contribution in [3.63, 3.8) is 0 Å². The van der Waals surface area contributed by atoms with E-state index >= 15 is 0 Å². The Morgan fingerprint density at radius 3 is 2.32 bits per heavy atom. The van der Waals surface area contributed by atoms with E-state index in [1.165, 1.54) is 6.42 Å². The Morgan fingerprint density at radius 1 is 1.12 bits per heavy atom. The van der Waals surface area contributed by atoms with Crippen LogP contribution in [-0.2, 0) is 16.0 Å². The molecule has 1 N–H and O–H groups in total. The van der Waals surface area contributed by atoms with Gasteiger partial charge in [0.1, 0.15) is 11.8 Å². The Bertz CT molecular complexity index is 563. The van der Waals surface area contributed by atoms with Crippen LogP contribution in [0.25, 0.3) is 0 Å². The van der Waals surface area contributed by atoms with Gasteiger partial charge in [-0.05, 0) is 49.3 Å². The molecule has 1 fully saturated rings. The molecule has 1 aliphatic heterocycles. The van der Waals surface area contributed by atoms with E-state index in [9.17, 15) is 9.59 Å². The second-order valence-corrected chi connectivity index (χ2v) is 7.16. The minimum Gasteiger partial charge on any atom is -0.497 e. The highest BCUT2D eigenvalue weighted by molar-refractivity contribution is 5.88. The van der Waals surface area contributed by atoms with Crippen LogP contribution in [0.1, 0.15) is 45.1 Å². The minimum absolute atomic E-state index is 0.0662. The number of nitrogens with zero attached hydrogens (tertiary/aromatic N) is 1. The van der Waals surface area contributed by atoms with E-state index < -0.39 is 6.04 Å². The van der Waals surface area contributed by atoms with Gasteiger partial charge in [0.25, 0.3) is 0 Å². The molecule has 1 saturated heterocycles. The second kappa shape index (κ2) is 9.44. The number of amides is 2. The van der Waals surface area contributed by atoms with Crippen LogP contribution in [0.2, 0.25) is 0 Å². The van der Waals surface area contributed by atoms with Crippen molar-refractivity contribution < 1.29 is 14.3 Å². The zero-order valence-electron chi connectivity index (χ0n) is 15.6. The average Bonchev–Trinajstić information content (AvgIpc) is 2.61. The van der Waals surface area contributed by atoms with Gasteiger partial charge in [-0.15, -0.1) is 0 Å². The molecule has 1 aromatic rings. The molecule has 2 amide bonds. The highest BCUT2D eigenvalue weighted by Gasteiger charge is 2.27. The topological polar surface area (TPSA) is 58.6 Å². The molecule has 1 heterocycles. The first kappa shape index (κ1) is 19.3. The summed E-state index contributed by atoms with van der Waals surface area (Å²) >= 11 is 0. The molecule has 1 aliphatic rings. The summed E-state index contributed by atoms with van der Waals surface area (Å²) in [4.78, 5) is 27.1. The van der Waals surface area contributed by atoms with Gasteiger partial charge in [0, 0.05) is 13.1 Å². The quantitative estimate of drug-likeness (QED) is 0.826. The Labute approximate surface area is 150 Å². The zero-order chi connectivity index (χ0) is 18.2. The van der Waals surface area contributed by atoms with Gasteiger partial charge in [-0.1, -0.05) is 26.0 Å². The maximum absolute atomic E-state index is 12.8. The van der Waals surface area contributed by atoms with Gasteiger partial charge in [-0.3, -0.25) is 9.59 Å². The molecule has 0 aliphatic carbocycles. The van der Waals surface area contributed by atoms with Gasteiger partial charge < -0.3 is 15.0 Å². The van der Waals surface area contributed by atoms with Crippen LogP contribution in [-0.4, -0.2) is 43.0 Å². The largest absolute Gasteiger partial charge is 0.497 e. The average molecular weight is 346 g/mol. The van der Waals surface area contributed by atoms with E-state index in [0.29, 0.717) is 12.3 Å². The summed E-state index contributed by atoms with van der Waals surface area (Å²) in [5.41, 5.74) is 0.909. The molecule has 0 unspecified atom stereocenters. The predicted octanol–water partition coefficient (Wildman–Crippen LogP) is 2.78. The standard InChI is InChI=1S/C20H30N2O3/c1-15(2)13-18(20(24)22-11-5-4-6-12-22)21-19(23)14-16-7-9-17(25-3)10-8-16/h7-10,15,18H,4-6,11-14H2,1-3H3,(H,21,23)/t18-/m0/s1. The highest BCUT2D eigenvalue weighted by Crippen LogP contribution is 2.15. The number of carbonyl (C=O) groups excluding carboxylic acids is 2. The number of methoxy groups -OCH3 is 1. The fraction of sp³-hybridized carbons (Fsp3) is 0.600. The summed E-state index contributed by atoms with van der Waals surface area (Å²) in [6.45, 7) is 5.77. The number of nitrogens with one attached hydrogen (secondary N) is 1. The minimum atomic E-state index is -0.427. The van der Waals surface area contributed by atoms with Crippen molar-refractivity contribution in [2.75, 3.05) is 20.2 Å². The smallest absolute Gasteiger partial charge is 0.245 e. The molecule has 5 heteroatoms. The van der Waals surface area contributed by atoms with E-state index in [0.717, 1.165) is 37.2 Å². The molecule has 1 atom stereocenters. The lowest BCUT2D eigenvalue weighted by Gasteiger charge is -2.31. The van der Waals surface area contributed by atoms with Gasteiger partial charge in [0.15, 0.2) is 0 Å². The second-order valence-electron chi connectivity index (χ2n) is 7.16. The van der Waals surface area contributed by atoms with Crippen LogP contribution in [0.4, 0.5) is 0 Å². The van der Waals surface area contributed by atoms with Crippen molar-refractivity contribution in [2.45, 2.75) is 52.0 Å².